The summed E-state index contributed by atoms with van der Waals surface area (Å²) in [5, 5.41) is 0. The van der Waals surface area contributed by atoms with Crippen LogP contribution in [0.3, 0.4) is 0 Å². The molecule has 0 amide bonds. The molecule has 1 heterocycles. The first kappa shape index (κ1) is 16.4. The van der Waals surface area contributed by atoms with Crippen LogP contribution in [0.5, 0.6) is 0 Å². The van der Waals surface area contributed by atoms with Crippen LogP contribution in [0.1, 0.15) is 19.4 Å². The number of hydrogen-bond acceptors (Lipinski definition) is 4. The Morgan fingerprint density at radius 3 is 2.38 bits per heavy atom. The minimum Gasteiger partial charge on any atom is -0.326 e. The van der Waals surface area contributed by atoms with E-state index >= 15 is 0 Å². The van der Waals surface area contributed by atoms with Crippen molar-refractivity contribution in [3.05, 3.63) is 29.6 Å². The Balaban J connectivity index is 2.38. The molecule has 21 heavy (non-hydrogen) atoms. The van der Waals surface area contributed by atoms with Crippen molar-refractivity contribution in [3.8, 4) is 0 Å². The fraction of sp³-hybridized carbons (Fsp3) is 0.571. The molecule has 1 aromatic carbocycles. The van der Waals surface area contributed by atoms with E-state index in [1.165, 1.54) is 16.4 Å². The highest BCUT2D eigenvalue weighted by atomic mass is 32.2. The molecule has 0 bridgehead atoms. The van der Waals surface area contributed by atoms with Crippen molar-refractivity contribution >= 4 is 10.0 Å². The van der Waals surface area contributed by atoms with E-state index in [4.69, 9.17) is 5.73 Å². The number of halogens is 1. The first-order valence-corrected chi connectivity index (χ1v) is 8.42. The molecule has 5 nitrogen and oxygen atoms in total. The molecule has 1 aliphatic rings. The first-order chi connectivity index (χ1) is 9.77. The highest BCUT2D eigenvalue weighted by molar-refractivity contribution is 7.89. The zero-order valence-corrected chi connectivity index (χ0v) is 13.4. The van der Waals surface area contributed by atoms with Gasteiger partial charge in [-0.25, -0.2) is 12.8 Å². The van der Waals surface area contributed by atoms with Crippen molar-refractivity contribution in [1.82, 2.24) is 9.21 Å². The van der Waals surface area contributed by atoms with Gasteiger partial charge in [-0.3, -0.25) is 4.90 Å². The molecule has 0 aliphatic carbocycles. The SMILES string of the molecule is CC1CN(S(=O)(=O)c2cc(CN)ccc2F)CC(C)N1C. The van der Waals surface area contributed by atoms with Crippen molar-refractivity contribution in [1.29, 1.82) is 0 Å². The molecule has 2 atom stereocenters. The average molecular weight is 315 g/mol. The quantitative estimate of drug-likeness (QED) is 0.903. The monoisotopic (exact) mass is 315 g/mol. The molecule has 1 fully saturated rings. The zero-order valence-electron chi connectivity index (χ0n) is 12.6. The van der Waals surface area contributed by atoms with Crippen LogP contribution in [0, 0.1) is 5.82 Å². The Kier molecular flexibility index (Phi) is 4.67. The number of likely N-dealkylation sites (N-methyl/N-ethyl adjacent to an activating group) is 1. The Morgan fingerprint density at radius 1 is 1.29 bits per heavy atom. The van der Waals surface area contributed by atoms with Gasteiger partial charge < -0.3 is 5.73 Å². The Bertz CT molecular complexity index is 609. The van der Waals surface area contributed by atoms with Gasteiger partial charge in [0.25, 0.3) is 0 Å². The summed E-state index contributed by atoms with van der Waals surface area (Å²) in [5.41, 5.74) is 6.12. The van der Waals surface area contributed by atoms with Crippen LogP contribution in [0.4, 0.5) is 4.39 Å². The van der Waals surface area contributed by atoms with E-state index < -0.39 is 15.8 Å². The number of benzene rings is 1. The molecule has 0 saturated carbocycles. The van der Waals surface area contributed by atoms with Gasteiger partial charge in [0, 0.05) is 31.7 Å². The topological polar surface area (TPSA) is 66.6 Å². The van der Waals surface area contributed by atoms with Gasteiger partial charge in [0.1, 0.15) is 10.7 Å². The lowest BCUT2D eigenvalue weighted by Gasteiger charge is -2.41. The van der Waals surface area contributed by atoms with Crippen LogP contribution in [0.15, 0.2) is 23.1 Å². The minimum atomic E-state index is -3.84. The summed E-state index contributed by atoms with van der Waals surface area (Å²) in [6.07, 6.45) is 0. The Morgan fingerprint density at radius 2 is 1.86 bits per heavy atom. The van der Waals surface area contributed by atoms with Gasteiger partial charge in [0.2, 0.25) is 10.0 Å². The fourth-order valence-corrected chi connectivity index (χ4v) is 4.28. The summed E-state index contributed by atoms with van der Waals surface area (Å²) in [4.78, 5) is 1.84. The van der Waals surface area contributed by atoms with Crippen LogP contribution in [0.25, 0.3) is 0 Å². The lowest BCUT2D eigenvalue weighted by molar-refractivity contribution is 0.105. The second kappa shape index (κ2) is 6.00. The summed E-state index contributed by atoms with van der Waals surface area (Å²) >= 11 is 0. The maximum atomic E-state index is 14.0. The normalized spacial score (nSPS) is 25.2. The number of sulfonamides is 1. The molecular weight excluding hydrogens is 293 g/mol. The highest BCUT2D eigenvalue weighted by Gasteiger charge is 2.35. The van der Waals surface area contributed by atoms with Crippen LogP contribution >= 0.6 is 0 Å². The van der Waals surface area contributed by atoms with Crippen LogP contribution in [-0.4, -0.2) is 49.8 Å². The molecule has 2 unspecified atom stereocenters. The molecule has 1 aliphatic heterocycles. The third-order valence-corrected chi connectivity index (χ3v) is 6.02. The molecule has 0 spiro atoms. The zero-order chi connectivity index (χ0) is 15.8. The first-order valence-electron chi connectivity index (χ1n) is 6.98. The van der Waals surface area contributed by atoms with Gasteiger partial charge in [-0.2, -0.15) is 4.31 Å². The third-order valence-electron chi connectivity index (χ3n) is 4.18. The Labute approximate surface area is 125 Å². The van der Waals surface area contributed by atoms with E-state index in [2.05, 4.69) is 4.90 Å². The summed E-state index contributed by atoms with van der Waals surface area (Å²) in [7, 11) is -1.87. The Hall–Kier alpha value is -1.02. The van der Waals surface area contributed by atoms with Crippen molar-refractivity contribution in [3.63, 3.8) is 0 Å². The molecule has 2 rings (SSSR count). The molecule has 118 valence electrons. The molecule has 1 saturated heterocycles. The van der Waals surface area contributed by atoms with E-state index in [1.807, 2.05) is 20.9 Å². The van der Waals surface area contributed by atoms with Crippen molar-refractivity contribution in [2.24, 2.45) is 5.73 Å². The predicted molar refractivity (Wildman–Crippen MR) is 79.7 cm³/mol. The number of hydrogen-bond donors (Lipinski definition) is 1. The third kappa shape index (κ3) is 3.11. The molecular formula is C14H22FN3O2S. The lowest BCUT2D eigenvalue weighted by atomic mass is 10.1. The molecule has 1 aromatic rings. The summed E-state index contributed by atoms with van der Waals surface area (Å²) in [6, 6.07) is 4.17. The largest absolute Gasteiger partial charge is 0.326 e. The van der Waals surface area contributed by atoms with Crippen LogP contribution in [0.2, 0.25) is 0 Å². The van der Waals surface area contributed by atoms with Crippen LogP contribution < -0.4 is 5.73 Å². The predicted octanol–water partition coefficient (Wildman–Crippen LogP) is 0.997. The number of nitrogens with zero attached hydrogens (tertiary/aromatic N) is 2. The summed E-state index contributed by atoms with van der Waals surface area (Å²) < 4.78 is 40.7. The average Bonchev–Trinajstić information content (AvgIpc) is 2.44. The number of piperazine rings is 1. The highest BCUT2D eigenvalue weighted by Crippen LogP contribution is 2.24. The van der Waals surface area contributed by atoms with Gasteiger partial charge >= 0.3 is 0 Å². The van der Waals surface area contributed by atoms with Crippen molar-refractivity contribution in [2.75, 3.05) is 20.1 Å². The van der Waals surface area contributed by atoms with Gasteiger partial charge in [-0.15, -0.1) is 0 Å². The van der Waals surface area contributed by atoms with Gasteiger partial charge in [0.05, 0.1) is 0 Å². The maximum absolute atomic E-state index is 14.0. The molecule has 7 heteroatoms. The standard InChI is InChI=1S/C14H22FN3O2S/c1-10-8-18(9-11(2)17(10)3)21(19,20)14-6-12(7-16)4-5-13(14)15/h4-6,10-11H,7-9,16H2,1-3H3. The number of nitrogens with two attached hydrogens (primary N) is 1. The lowest BCUT2D eigenvalue weighted by Crippen LogP contribution is -2.56. The van der Waals surface area contributed by atoms with E-state index in [-0.39, 0.29) is 23.5 Å². The molecule has 0 aromatic heterocycles. The van der Waals surface area contributed by atoms with E-state index in [0.29, 0.717) is 18.7 Å². The minimum absolute atomic E-state index is 0.0873. The molecule has 0 radical (unpaired) electrons. The van der Waals surface area contributed by atoms with Gasteiger partial charge in [-0.1, -0.05) is 6.07 Å². The summed E-state index contributed by atoms with van der Waals surface area (Å²) in [5.74, 6) is -0.730. The smallest absolute Gasteiger partial charge is 0.246 e. The maximum Gasteiger partial charge on any atom is 0.246 e. The van der Waals surface area contributed by atoms with Gasteiger partial charge in [0.15, 0.2) is 0 Å². The second-order valence-corrected chi connectivity index (χ2v) is 7.56. The fourth-order valence-electron chi connectivity index (χ4n) is 2.56. The van der Waals surface area contributed by atoms with E-state index in [9.17, 15) is 12.8 Å². The number of rotatable bonds is 3. The van der Waals surface area contributed by atoms with E-state index in [1.54, 1.807) is 0 Å². The van der Waals surface area contributed by atoms with Gasteiger partial charge in [-0.05, 0) is 38.6 Å². The van der Waals surface area contributed by atoms with E-state index in [0.717, 1.165) is 6.07 Å². The van der Waals surface area contributed by atoms with Crippen LogP contribution in [-0.2, 0) is 16.6 Å². The van der Waals surface area contributed by atoms with Crippen molar-refractivity contribution in [2.45, 2.75) is 37.4 Å². The van der Waals surface area contributed by atoms with Crippen molar-refractivity contribution < 1.29 is 12.8 Å². The molecule has 2 N–H and O–H groups in total. The second-order valence-electron chi connectivity index (χ2n) is 5.65. The summed E-state index contributed by atoms with van der Waals surface area (Å²) in [6.45, 7) is 4.82.